The lowest BCUT2D eigenvalue weighted by Crippen LogP contribution is -2.33. The van der Waals surface area contributed by atoms with Crippen molar-refractivity contribution >= 4 is 32.5 Å². The molecule has 112 valence electrons. The second kappa shape index (κ2) is 5.03. The van der Waals surface area contributed by atoms with E-state index in [0.29, 0.717) is 29.9 Å². The average Bonchev–Trinajstić information content (AvgIpc) is 3.07. The Balaban J connectivity index is 1.87. The van der Waals surface area contributed by atoms with Crippen LogP contribution >= 0.6 is 0 Å². The molecule has 21 heavy (non-hydrogen) atoms. The highest BCUT2D eigenvalue weighted by Crippen LogP contribution is 2.22. The first-order valence-electron chi connectivity index (χ1n) is 6.62. The van der Waals surface area contributed by atoms with Crippen LogP contribution in [0.15, 0.2) is 27.8 Å². The largest absolute Gasteiger partial charge is 0.428 e. The summed E-state index contributed by atoms with van der Waals surface area (Å²) in [5.41, 5.74) is 6.76. The summed E-state index contributed by atoms with van der Waals surface area (Å²) in [4.78, 5) is 17.4. The molecule has 2 aromatic rings. The first-order valence-corrected chi connectivity index (χ1v) is 8.27. The molecule has 1 amide bonds. The highest BCUT2D eigenvalue weighted by molar-refractivity contribution is 7.91. The number of carbonyl (C=O) groups is 1. The predicted octanol–water partition coefficient (Wildman–Crippen LogP) is 0.806. The fourth-order valence-corrected chi connectivity index (χ4v) is 3.42. The zero-order valence-corrected chi connectivity index (χ0v) is 12.1. The van der Waals surface area contributed by atoms with Gasteiger partial charge in [0.1, 0.15) is 11.3 Å². The molecule has 1 aromatic carbocycles. The number of amides is 1. The van der Waals surface area contributed by atoms with Crippen LogP contribution in [-0.2, 0) is 14.6 Å². The van der Waals surface area contributed by atoms with Crippen LogP contribution in [0.25, 0.3) is 11.1 Å². The van der Waals surface area contributed by atoms with Crippen LogP contribution in [0.1, 0.15) is 12.8 Å². The van der Waals surface area contributed by atoms with Crippen molar-refractivity contribution < 1.29 is 17.6 Å². The third-order valence-corrected chi connectivity index (χ3v) is 4.76. The van der Waals surface area contributed by atoms with Crippen molar-refractivity contribution in [1.82, 2.24) is 9.88 Å². The van der Waals surface area contributed by atoms with Gasteiger partial charge >= 0.3 is 5.22 Å². The van der Waals surface area contributed by atoms with E-state index in [-0.39, 0.29) is 0 Å². The van der Waals surface area contributed by atoms with Gasteiger partial charge in [0, 0.05) is 24.8 Å². The number of nitrogen functional groups attached to an aromatic ring is 1. The van der Waals surface area contributed by atoms with Gasteiger partial charge in [-0.15, -0.1) is 0 Å². The Kier molecular flexibility index (Phi) is 3.32. The van der Waals surface area contributed by atoms with Crippen LogP contribution in [0.5, 0.6) is 0 Å². The molecule has 0 saturated carbocycles. The Morgan fingerprint density at radius 1 is 1.33 bits per heavy atom. The van der Waals surface area contributed by atoms with Gasteiger partial charge < -0.3 is 15.1 Å². The Labute approximate surface area is 121 Å². The molecule has 1 saturated heterocycles. The molecule has 2 heterocycles. The zero-order valence-electron chi connectivity index (χ0n) is 11.3. The number of carbonyl (C=O) groups excluding carboxylic acids is 1. The number of fused-ring (bicyclic) bond motifs is 1. The normalized spacial score (nSPS) is 15.7. The number of nitrogens with zero attached hydrogens (tertiary/aromatic N) is 2. The summed E-state index contributed by atoms with van der Waals surface area (Å²) < 4.78 is 29.7. The molecule has 0 bridgehead atoms. The number of rotatable bonds is 3. The van der Waals surface area contributed by atoms with Crippen molar-refractivity contribution in [2.24, 2.45) is 0 Å². The van der Waals surface area contributed by atoms with Crippen molar-refractivity contribution in [3.63, 3.8) is 0 Å². The second-order valence-corrected chi connectivity index (χ2v) is 6.92. The van der Waals surface area contributed by atoms with Gasteiger partial charge in [0.05, 0.1) is 0 Å². The molecular weight excluding hydrogens is 294 g/mol. The van der Waals surface area contributed by atoms with E-state index in [2.05, 4.69) is 4.98 Å². The number of hydrogen-bond acceptors (Lipinski definition) is 6. The lowest BCUT2D eigenvalue weighted by molar-refractivity contribution is -0.127. The minimum absolute atomic E-state index is 0.294. The molecule has 1 aromatic heterocycles. The summed E-state index contributed by atoms with van der Waals surface area (Å²) in [6, 6.07) is 4.69. The molecule has 0 aliphatic carbocycles. The number of nitrogens with two attached hydrogens (primary N) is 1. The van der Waals surface area contributed by atoms with E-state index in [9.17, 15) is 13.2 Å². The molecule has 0 radical (unpaired) electrons. The minimum atomic E-state index is -3.88. The molecular formula is C13H15N3O4S. The number of anilines is 1. The Morgan fingerprint density at radius 2 is 2.05 bits per heavy atom. The van der Waals surface area contributed by atoms with E-state index in [1.54, 1.807) is 17.0 Å². The Hall–Kier alpha value is -2.09. The number of oxazole rings is 1. The van der Waals surface area contributed by atoms with Crippen molar-refractivity contribution in [3.05, 3.63) is 18.2 Å². The van der Waals surface area contributed by atoms with Crippen molar-refractivity contribution in [2.75, 3.05) is 24.6 Å². The van der Waals surface area contributed by atoms with E-state index < -0.39 is 26.7 Å². The molecule has 1 fully saturated rings. The number of aromatic nitrogens is 1. The third kappa shape index (κ3) is 2.71. The highest BCUT2D eigenvalue weighted by Gasteiger charge is 2.29. The van der Waals surface area contributed by atoms with E-state index in [0.717, 1.165) is 12.8 Å². The molecule has 0 unspecified atom stereocenters. The van der Waals surface area contributed by atoms with Crippen LogP contribution in [0.3, 0.4) is 0 Å². The second-order valence-electron chi connectivity index (χ2n) is 5.05. The number of hydrogen-bond donors (Lipinski definition) is 1. The van der Waals surface area contributed by atoms with Gasteiger partial charge in [0.25, 0.3) is 0 Å². The lowest BCUT2D eigenvalue weighted by Gasteiger charge is -2.13. The molecule has 0 spiro atoms. The molecule has 3 rings (SSSR count). The molecule has 8 heteroatoms. The zero-order chi connectivity index (χ0) is 15.0. The fourth-order valence-electron chi connectivity index (χ4n) is 2.34. The van der Waals surface area contributed by atoms with Crippen LogP contribution in [-0.4, -0.2) is 43.1 Å². The summed E-state index contributed by atoms with van der Waals surface area (Å²) in [6.07, 6.45) is 1.82. The number of sulfone groups is 1. The van der Waals surface area contributed by atoms with Crippen LogP contribution in [0, 0.1) is 0 Å². The maximum absolute atomic E-state index is 12.2. The van der Waals surface area contributed by atoms with Crippen LogP contribution in [0.4, 0.5) is 5.69 Å². The minimum Gasteiger partial charge on any atom is -0.428 e. The maximum Gasteiger partial charge on any atom is 0.316 e. The topological polar surface area (TPSA) is 106 Å². The molecule has 7 nitrogen and oxygen atoms in total. The van der Waals surface area contributed by atoms with Gasteiger partial charge in [-0.25, -0.2) is 8.42 Å². The summed E-state index contributed by atoms with van der Waals surface area (Å²) in [7, 11) is -3.88. The molecule has 2 N–H and O–H groups in total. The smallest absolute Gasteiger partial charge is 0.316 e. The molecule has 0 atom stereocenters. The molecule has 1 aliphatic rings. The van der Waals surface area contributed by atoms with Gasteiger partial charge in [-0.3, -0.25) is 4.79 Å². The van der Waals surface area contributed by atoms with Gasteiger partial charge in [0.15, 0.2) is 5.58 Å². The number of benzene rings is 1. The summed E-state index contributed by atoms with van der Waals surface area (Å²) in [5, 5.41) is -0.435. The van der Waals surface area contributed by atoms with Gasteiger partial charge in [-0.1, -0.05) is 0 Å². The Morgan fingerprint density at radius 3 is 2.76 bits per heavy atom. The van der Waals surface area contributed by atoms with E-state index in [4.69, 9.17) is 10.2 Å². The Bertz CT molecular complexity index is 791. The number of likely N-dealkylation sites (tertiary alicyclic amines) is 1. The highest BCUT2D eigenvalue weighted by atomic mass is 32.2. The summed E-state index contributed by atoms with van der Waals surface area (Å²) in [6.45, 7) is 1.22. The molecule has 1 aliphatic heterocycles. The monoisotopic (exact) mass is 309 g/mol. The van der Waals surface area contributed by atoms with Gasteiger partial charge in [-0.05, 0) is 25.0 Å². The standard InChI is InChI=1S/C13H15N3O4S/c14-9-3-4-10-11(7-9)20-13(15-10)21(18,19)8-12(17)16-5-1-2-6-16/h3-4,7H,1-2,5-6,8,14H2. The van der Waals surface area contributed by atoms with E-state index in [1.165, 1.54) is 6.07 Å². The van der Waals surface area contributed by atoms with Crippen molar-refractivity contribution in [2.45, 2.75) is 18.1 Å². The predicted molar refractivity (Wildman–Crippen MR) is 76.3 cm³/mol. The summed E-state index contributed by atoms with van der Waals surface area (Å²) in [5.74, 6) is -1.02. The van der Waals surface area contributed by atoms with Crippen molar-refractivity contribution in [1.29, 1.82) is 0 Å². The summed E-state index contributed by atoms with van der Waals surface area (Å²) >= 11 is 0. The van der Waals surface area contributed by atoms with Crippen LogP contribution in [0.2, 0.25) is 0 Å². The lowest BCUT2D eigenvalue weighted by atomic mass is 10.3. The fraction of sp³-hybridized carbons (Fsp3) is 0.385. The SMILES string of the molecule is Nc1ccc2nc(S(=O)(=O)CC(=O)N3CCCC3)oc2c1. The quantitative estimate of drug-likeness (QED) is 0.841. The van der Waals surface area contributed by atoms with E-state index >= 15 is 0 Å². The van der Waals surface area contributed by atoms with E-state index in [1.807, 2.05) is 0 Å². The van der Waals surface area contributed by atoms with Crippen LogP contribution < -0.4 is 5.73 Å². The van der Waals surface area contributed by atoms with Gasteiger partial charge in [-0.2, -0.15) is 4.98 Å². The van der Waals surface area contributed by atoms with Gasteiger partial charge in [0.2, 0.25) is 15.7 Å². The average molecular weight is 309 g/mol. The first kappa shape index (κ1) is 13.9. The third-order valence-electron chi connectivity index (χ3n) is 3.43. The first-order chi connectivity index (χ1) is 9.95. The van der Waals surface area contributed by atoms with Crippen molar-refractivity contribution in [3.8, 4) is 0 Å². The maximum atomic E-state index is 12.2.